The van der Waals surface area contributed by atoms with E-state index < -0.39 is 0 Å². The third-order valence-corrected chi connectivity index (χ3v) is 6.38. The minimum absolute atomic E-state index is 0.0951. The molecule has 0 spiro atoms. The molecule has 4 saturated carbocycles. The fraction of sp³-hybridized carbons (Fsp3) is 0.667. The minimum atomic E-state index is -0.193. The van der Waals surface area contributed by atoms with E-state index >= 15 is 0 Å². The van der Waals surface area contributed by atoms with Gasteiger partial charge in [-0.2, -0.15) is 4.80 Å². The smallest absolute Gasteiger partial charge is 0.270 e. The Bertz CT molecular complexity index is 828. The molecule has 4 fully saturated rings. The molecule has 0 aromatic carbocycles. The molecule has 2 atom stereocenters. The van der Waals surface area contributed by atoms with Crippen molar-refractivity contribution in [3.63, 3.8) is 0 Å². The van der Waals surface area contributed by atoms with Gasteiger partial charge in [-0.3, -0.25) is 4.79 Å². The van der Waals surface area contributed by atoms with Crippen LogP contribution in [0.4, 0.5) is 0 Å². The maximum atomic E-state index is 13.0. The lowest BCUT2D eigenvalue weighted by molar-refractivity contribution is -0.0811. The summed E-state index contributed by atoms with van der Waals surface area (Å²) >= 11 is 0. The molecule has 4 aliphatic carbocycles. The van der Waals surface area contributed by atoms with Crippen LogP contribution < -0.4 is 5.32 Å². The summed E-state index contributed by atoms with van der Waals surface area (Å²) in [4.78, 5) is 23.4. The molecule has 1 amide bonds. The number of aromatic nitrogens is 6. The Morgan fingerprint density at radius 2 is 1.96 bits per heavy atom. The molecule has 0 unspecified atom stereocenters. The second kappa shape index (κ2) is 5.31. The first-order valence-corrected chi connectivity index (χ1v) is 9.34. The second-order valence-corrected chi connectivity index (χ2v) is 8.59. The highest BCUT2D eigenvalue weighted by molar-refractivity contribution is 5.93. The number of amides is 1. The Kier molecular flexibility index (Phi) is 3.24. The van der Waals surface area contributed by atoms with Crippen LogP contribution in [0.2, 0.25) is 0 Å². The maximum absolute atomic E-state index is 13.0. The van der Waals surface area contributed by atoms with Gasteiger partial charge in [0.15, 0.2) is 6.33 Å². The molecule has 0 saturated heterocycles. The molecule has 2 aromatic rings. The lowest BCUT2D eigenvalue weighted by atomic mass is 9.50. The number of hydrogen-bond acceptors (Lipinski definition) is 6. The van der Waals surface area contributed by atoms with E-state index in [2.05, 4.69) is 30.7 Å². The molecule has 2 heterocycles. The van der Waals surface area contributed by atoms with E-state index in [9.17, 15) is 4.79 Å². The molecule has 8 nitrogen and oxygen atoms in total. The number of aryl methyl sites for hydroxylation is 2. The Balaban J connectivity index is 1.46. The van der Waals surface area contributed by atoms with Gasteiger partial charge in [-0.15, -0.1) is 10.2 Å². The van der Waals surface area contributed by atoms with Gasteiger partial charge in [0.25, 0.3) is 5.91 Å². The highest BCUT2D eigenvalue weighted by Gasteiger charge is 2.60. The summed E-state index contributed by atoms with van der Waals surface area (Å²) < 4.78 is 0. The zero-order valence-electron chi connectivity index (χ0n) is 15.1. The van der Waals surface area contributed by atoms with E-state index in [1.54, 1.807) is 6.07 Å². The monoisotopic (exact) mass is 353 g/mol. The Morgan fingerprint density at radius 1 is 1.19 bits per heavy atom. The van der Waals surface area contributed by atoms with Crippen LogP contribution in [-0.2, 0) is 5.54 Å². The normalized spacial score (nSPS) is 34.8. The molecule has 6 rings (SSSR count). The van der Waals surface area contributed by atoms with Crippen LogP contribution >= 0.6 is 0 Å². The van der Waals surface area contributed by atoms with E-state index in [1.165, 1.54) is 12.7 Å². The molecule has 4 bridgehead atoms. The van der Waals surface area contributed by atoms with E-state index in [0.29, 0.717) is 23.4 Å². The van der Waals surface area contributed by atoms with Crippen LogP contribution in [0.15, 0.2) is 12.4 Å². The molecule has 8 heteroatoms. The average Bonchev–Trinajstić information content (AvgIpc) is 3.07. The van der Waals surface area contributed by atoms with Crippen LogP contribution in [0.1, 0.15) is 60.5 Å². The quantitative estimate of drug-likeness (QED) is 0.899. The Labute approximate surface area is 151 Å². The van der Waals surface area contributed by atoms with Crippen molar-refractivity contribution in [1.29, 1.82) is 0 Å². The van der Waals surface area contributed by atoms with Gasteiger partial charge in [-0.25, -0.2) is 9.97 Å². The van der Waals surface area contributed by atoms with Crippen molar-refractivity contribution in [3.05, 3.63) is 29.6 Å². The van der Waals surface area contributed by atoms with Gasteiger partial charge in [0.2, 0.25) is 0 Å². The van der Waals surface area contributed by atoms with Crippen LogP contribution in [0.25, 0.3) is 0 Å². The van der Waals surface area contributed by atoms with Gasteiger partial charge >= 0.3 is 0 Å². The van der Waals surface area contributed by atoms with Crippen molar-refractivity contribution < 1.29 is 4.79 Å². The van der Waals surface area contributed by atoms with Crippen LogP contribution in [0, 0.1) is 25.7 Å². The zero-order chi connectivity index (χ0) is 17.9. The molecule has 0 radical (unpaired) electrons. The highest BCUT2D eigenvalue weighted by atomic mass is 16.2. The number of hydrogen-bond donors (Lipinski definition) is 1. The van der Waals surface area contributed by atoms with Crippen molar-refractivity contribution in [2.24, 2.45) is 11.8 Å². The molecule has 1 N–H and O–H groups in total. The van der Waals surface area contributed by atoms with E-state index in [0.717, 1.165) is 37.8 Å². The van der Waals surface area contributed by atoms with E-state index in [4.69, 9.17) is 0 Å². The van der Waals surface area contributed by atoms with Crippen molar-refractivity contribution in [3.8, 4) is 0 Å². The summed E-state index contributed by atoms with van der Waals surface area (Å²) in [6.07, 6.45) is 7.88. The lowest BCUT2D eigenvalue weighted by Gasteiger charge is -2.61. The third-order valence-electron chi connectivity index (χ3n) is 6.38. The van der Waals surface area contributed by atoms with Gasteiger partial charge in [-0.05, 0) is 75.5 Å². The number of carbonyl (C=O) groups is 1. The lowest BCUT2D eigenvalue weighted by Crippen LogP contribution is -2.66. The van der Waals surface area contributed by atoms with Crippen molar-refractivity contribution in [1.82, 2.24) is 35.5 Å². The third kappa shape index (κ3) is 2.42. The molecular formula is C18H23N7O. The predicted octanol–water partition coefficient (Wildman–Crippen LogP) is 1.56. The summed E-state index contributed by atoms with van der Waals surface area (Å²) in [5.41, 5.74) is 0.975. The molecular weight excluding hydrogens is 330 g/mol. The van der Waals surface area contributed by atoms with E-state index in [1.807, 2.05) is 18.6 Å². The summed E-state index contributed by atoms with van der Waals surface area (Å²) in [6, 6.07) is 1.76. The zero-order valence-corrected chi connectivity index (χ0v) is 15.1. The van der Waals surface area contributed by atoms with Gasteiger partial charge in [-0.1, -0.05) is 0 Å². The fourth-order valence-electron chi connectivity index (χ4n) is 6.12. The average molecular weight is 353 g/mol. The number of carbonyl (C=O) groups excluding carboxylic acids is 1. The molecule has 136 valence electrons. The van der Waals surface area contributed by atoms with E-state index in [-0.39, 0.29) is 17.0 Å². The number of nitrogens with zero attached hydrogens (tertiary/aromatic N) is 6. The van der Waals surface area contributed by atoms with Crippen LogP contribution in [0.3, 0.4) is 0 Å². The van der Waals surface area contributed by atoms with Crippen LogP contribution in [-0.4, -0.2) is 41.6 Å². The first-order chi connectivity index (χ1) is 12.5. The summed E-state index contributed by atoms with van der Waals surface area (Å²) in [5, 5.41) is 15.9. The van der Waals surface area contributed by atoms with Crippen LogP contribution in [0.5, 0.6) is 0 Å². The standard InChI is InChI=1S/C18H23N7O/c1-11-3-15(22-12(2)21-11)16(26)23-17-5-13-4-14(6-17)8-18(7-13,9-17)25-20-10-19-24-25/h3,10,13-14H,4-9H2,1-2H3,(H,23,26)/t13-,14-,17?,18?/m0/s1. The predicted molar refractivity (Wildman–Crippen MR) is 92.2 cm³/mol. The van der Waals surface area contributed by atoms with Gasteiger partial charge in [0.1, 0.15) is 11.5 Å². The molecule has 0 aliphatic heterocycles. The highest BCUT2D eigenvalue weighted by Crippen LogP contribution is 2.60. The molecule has 26 heavy (non-hydrogen) atoms. The molecule has 4 aliphatic rings. The van der Waals surface area contributed by atoms with Gasteiger partial charge in [0, 0.05) is 11.2 Å². The SMILES string of the molecule is Cc1cc(C(=O)NC23C[C@@H]4C[C@@H](C2)CC(n2ncnn2)(C4)C3)nc(C)n1. The molecule has 2 aromatic heterocycles. The van der Waals surface area contributed by atoms with Crippen molar-refractivity contribution >= 4 is 5.91 Å². The van der Waals surface area contributed by atoms with Crippen molar-refractivity contribution in [2.45, 2.75) is 63.5 Å². The number of tetrazole rings is 1. The topological polar surface area (TPSA) is 98.5 Å². The van der Waals surface area contributed by atoms with Gasteiger partial charge < -0.3 is 5.32 Å². The summed E-state index contributed by atoms with van der Waals surface area (Å²) in [5.74, 6) is 1.75. The second-order valence-electron chi connectivity index (χ2n) is 8.59. The Morgan fingerprint density at radius 3 is 2.62 bits per heavy atom. The Hall–Kier alpha value is -2.38. The maximum Gasteiger partial charge on any atom is 0.270 e. The summed E-state index contributed by atoms with van der Waals surface area (Å²) in [7, 11) is 0. The fourth-order valence-corrected chi connectivity index (χ4v) is 6.12. The first-order valence-electron chi connectivity index (χ1n) is 9.34. The number of rotatable bonds is 3. The minimum Gasteiger partial charge on any atom is -0.345 e. The largest absolute Gasteiger partial charge is 0.345 e. The number of nitrogens with one attached hydrogen (secondary N) is 1. The van der Waals surface area contributed by atoms with Crippen molar-refractivity contribution in [2.75, 3.05) is 0 Å². The van der Waals surface area contributed by atoms with Gasteiger partial charge in [0.05, 0.1) is 5.54 Å². The first kappa shape index (κ1) is 15.8. The summed E-state index contributed by atoms with van der Waals surface area (Å²) in [6.45, 7) is 3.71.